The summed E-state index contributed by atoms with van der Waals surface area (Å²) in [6, 6.07) is 8.23. The second-order valence-electron chi connectivity index (χ2n) is 3.07. The first-order chi connectivity index (χ1) is 7.15. The molecular formula is C11H13NO3. The van der Waals surface area contributed by atoms with E-state index in [4.69, 9.17) is 0 Å². The molecule has 4 heteroatoms. The van der Waals surface area contributed by atoms with Gasteiger partial charge in [0.1, 0.15) is 0 Å². The third kappa shape index (κ3) is 3.09. The smallest absolute Gasteiger partial charge is 0.333 e. The summed E-state index contributed by atoms with van der Waals surface area (Å²) in [6.45, 7) is 1.36. The van der Waals surface area contributed by atoms with Gasteiger partial charge in [0, 0.05) is 6.92 Å². The van der Waals surface area contributed by atoms with Crippen LogP contribution in [0.25, 0.3) is 0 Å². The molecule has 1 aromatic carbocycles. The zero-order valence-corrected chi connectivity index (χ0v) is 8.69. The van der Waals surface area contributed by atoms with Crippen LogP contribution in [0.4, 0.5) is 0 Å². The Hall–Kier alpha value is -1.84. The van der Waals surface area contributed by atoms with E-state index in [2.05, 4.69) is 10.1 Å². The molecule has 0 aliphatic rings. The van der Waals surface area contributed by atoms with Gasteiger partial charge < -0.3 is 10.1 Å². The van der Waals surface area contributed by atoms with Crippen LogP contribution in [0.3, 0.4) is 0 Å². The Morgan fingerprint density at radius 2 is 1.87 bits per heavy atom. The van der Waals surface area contributed by atoms with Crippen molar-refractivity contribution >= 4 is 11.9 Å². The highest BCUT2D eigenvalue weighted by molar-refractivity contribution is 5.84. The fourth-order valence-electron chi connectivity index (χ4n) is 1.24. The number of benzene rings is 1. The molecule has 0 fully saturated rings. The van der Waals surface area contributed by atoms with Gasteiger partial charge in [0.2, 0.25) is 5.91 Å². The lowest BCUT2D eigenvalue weighted by atomic mass is 10.1. The lowest BCUT2D eigenvalue weighted by Crippen LogP contribution is -2.32. The minimum atomic E-state index is -0.728. The van der Waals surface area contributed by atoms with Crippen LogP contribution in [0, 0.1) is 0 Å². The van der Waals surface area contributed by atoms with Crippen LogP contribution in [0.1, 0.15) is 18.5 Å². The van der Waals surface area contributed by atoms with Crippen LogP contribution in [-0.2, 0) is 14.3 Å². The van der Waals surface area contributed by atoms with Crippen molar-refractivity contribution in [2.24, 2.45) is 0 Å². The third-order valence-corrected chi connectivity index (χ3v) is 1.92. The monoisotopic (exact) mass is 207 g/mol. The number of hydrogen-bond donors (Lipinski definition) is 1. The number of amides is 1. The molecule has 0 bridgehead atoms. The van der Waals surface area contributed by atoms with Gasteiger partial charge in [-0.05, 0) is 5.56 Å². The molecule has 1 aromatic rings. The van der Waals surface area contributed by atoms with Gasteiger partial charge in [0.15, 0.2) is 6.04 Å². The number of methoxy groups -OCH3 is 1. The van der Waals surface area contributed by atoms with Crippen LogP contribution in [-0.4, -0.2) is 19.0 Å². The van der Waals surface area contributed by atoms with E-state index in [0.29, 0.717) is 5.56 Å². The van der Waals surface area contributed by atoms with E-state index in [1.54, 1.807) is 24.3 Å². The molecule has 15 heavy (non-hydrogen) atoms. The minimum absolute atomic E-state index is 0.269. The zero-order chi connectivity index (χ0) is 11.3. The van der Waals surface area contributed by atoms with E-state index in [-0.39, 0.29) is 5.91 Å². The molecule has 4 nitrogen and oxygen atoms in total. The highest BCUT2D eigenvalue weighted by Crippen LogP contribution is 2.13. The normalized spacial score (nSPS) is 11.6. The van der Waals surface area contributed by atoms with Crippen molar-refractivity contribution in [2.45, 2.75) is 13.0 Å². The Balaban J connectivity index is 2.91. The lowest BCUT2D eigenvalue weighted by molar-refractivity contribution is -0.145. The van der Waals surface area contributed by atoms with E-state index in [9.17, 15) is 9.59 Å². The van der Waals surface area contributed by atoms with Crippen molar-refractivity contribution in [3.63, 3.8) is 0 Å². The average Bonchev–Trinajstić information content (AvgIpc) is 2.26. The maximum atomic E-state index is 11.4. The van der Waals surface area contributed by atoms with Gasteiger partial charge in [0.25, 0.3) is 0 Å². The Morgan fingerprint density at radius 3 is 2.33 bits per heavy atom. The Labute approximate surface area is 88.2 Å². The summed E-state index contributed by atoms with van der Waals surface area (Å²) in [4.78, 5) is 22.3. The van der Waals surface area contributed by atoms with E-state index in [0.717, 1.165) is 0 Å². The highest BCUT2D eigenvalue weighted by atomic mass is 16.5. The summed E-state index contributed by atoms with van der Waals surface area (Å²) in [5, 5.41) is 2.53. The summed E-state index contributed by atoms with van der Waals surface area (Å²) in [7, 11) is 1.29. The van der Waals surface area contributed by atoms with Crippen LogP contribution >= 0.6 is 0 Å². The molecule has 0 saturated carbocycles. The molecule has 0 saturated heterocycles. The summed E-state index contributed by atoms with van der Waals surface area (Å²) in [5.41, 5.74) is 0.708. The SMILES string of the molecule is COC(=O)C(NC(C)=O)c1ccccc1. The maximum absolute atomic E-state index is 11.4. The molecule has 0 aliphatic carbocycles. The number of hydrogen-bond acceptors (Lipinski definition) is 3. The van der Waals surface area contributed by atoms with Crippen molar-refractivity contribution in [3.05, 3.63) is 35.9 Å². The van der Waals surface area contributed by atoms with Crippen molar-refractivity contribution < 1.29 is 14.3 Å². The van der Waals surface area contributed by atoms with E-state index >= 15 is 0 Å². The average molecular weight is 207 g/mol. The molecule has 0 aromatic heterocycles. The van der Waals surface area contributed by atoms with Crippen LogP contribution in [0.15, 0.2) is 30.3 Å². The van der Waals surface area contributed by atoms with E-state index < -0.39 is 12.0 Å². The lowest BCUT2D eigenvalue weighted by Gasteiger charge is -2.15. The van der Waals surface area contributed by atoms with Gasteiger partial charge in [-0.3, -0.25) is 4.79 Å². The van der Waals surface area contributed by atoms with Gasteiger partial charge in [-0.15, -0.1) is 0 Å². The standard InChI is InChI=1S/C11H13NO3/c1-8(13)12-10(11(14)15-2)9-6-4-3-5-7-9/h3-7,10H,1-2H3,(H,12,13). The molecule has 1 amide bonds. The Kier molecular flexibility index (Phi) is 3.85. The summed E-state index contributed by atoms with van der Waals surface area (Å²) < 4.78 is 4.61. The largest absolute Gasteiger partial charge is 0.467 e. The number of carbonyl (C=O) groups is 2. The summed E-state index contributed by atoms with van der Waals surface area (Å²) >= 11 is 0. The fraction of sp³-hybridized carbons (Fsp3) is 0.273. The first-order valence-electron chi connectivity index (χ1n) is 4.55. The quantitative estimate of drug-likeness (QED) is 0.753. The minimum Gasteiger partial charge on any atom is -0.467 e. The molecule has 1 unspecified atom stereocenters. The number of esters is 1. The molecule has 0 aliphatic heterocycles. The Morgan fingerprint density at radius 1 is 1.27 bits per heavy atom. The molecule has 80 valence electrons. The predicted molar refractivity (Wildman–Crippen MR) is 55.0 cm³/mol. The van der Waals surface area contributed by atoms with E-state index in [1.165, 1.54) is 14.0 Å². The first-order valence-corrected chi connectivity index (χ1v) is 4.55. The van der Waals surface area contributed by atoms with Gasteiger partial charge in [-0.1, -0.05) is 30.3 Å². The van der Waals surface area contributed by atoms with Crippen molar-refractivity contribution in [1.82, 2.24) is 5.32 Å². The molecule has 1 atom stereocenters. The number of carbonyl (C=O) groups excluding carboxylic acids is 2. The zero-order valence-electron chi connectivity index (χ0n) is 8.69. The predicted octanol–water partition coefficient (Wildman–Crippen LogP) is 1.04. The summed E-state index contributed by atoms with van der Waals surface area (Å²) in [6.07, 6.45) is 0. The van der Waals surface area contributed by atoms with Gasteiger partial charge >= 0.3 is 5.97 Å². The van der Waals surface area contributed by atoms with Crippen LogP contribution in [0.2, 0.25) is 0 Å². The van der Waals surface area contributed by atoms with Gasteiger partial charge in [-0.2, -0.15) is 0 Å². The molecule has 0 heterocycles. The second-order valence-corrected chi connectivity index (χ2v) is 3.07. The number of ether oxygens (including phenoxy) is 1. The topological polar surface area (TPSA) is 55.4 Å². The third-order valence-electron chi connectivity index (χ3n) is 1.92. The first kappa shape index (κ1) is 11.2. The molecule has 0 spiro atoms. The van der Waals surface area contributed by atoms with E-state index in [1.807, 2.05) is 6.07 Å². The van der Waals surface area contributed by atoms with Crippen molar-refractivity contribution in [3.8, 4) is 0 Å². The maximum Gasteiger partial charge on any atom is 0.333 e. The molecule has 1 rings (SSSR count). The Bertz CT molecular complexity index is 348. The summed E-state index contributed by atoms with van der Waals surface area (Å²) in [5.74, 6) is -0.745. The fourth-order valence-corrected chi connectivity index (χ4v) is 1.24. The van der Waals surface area contributed by atoms with Crippen molar-refractivity contribution in [2.75, 3.05) is 7.11 Å². The molecule has 1 N–H and O–H groups in total. The number of rotatable bonds is 3. The van der Waals surface area contributed by atoms with Crippen molar-refractivity contribution in [1.29, 1.82) is 0 Å². The number of nitrogens with one attached hydrogen (secondary N) is 1. The molecule has 0 radical (unpaired) electrons. The second kappa shape index (κ2) is 5.14. The molecular weight excluding hydrogens is 194 g/mol. The van der Waals surface area contributed by atoms with Gasteiger partial charge in [-0.25, -0.2) is 4.79 Å². The van der Waals surface area contributed by atoms with Gasteiger partial charge in [0.05, 0.1) is 7.11 Å². The highest BCUT2D eigenvalue weighted by Gasteiger charge is 2.21. The van der Waals surface area contributed by atoms with Crippen LogP contribution < -0.4 is 5.32 Å². The van der Waals surface area contributed by atoms with Crippen LogP contribution in [0.5, 0.6) is 0 Å².